The molecule has 2 rings (SSSR count). The highest BCUT2D eigenvalue weighted by Gasteiger charge is 2.41. The Labute approximate surface area is 189 Å². The van der Waals surface area contributed by atoms with Gasteiger partial charge >= 0.3 is 7.12 Å². The molecule has 0 amide bonds. The van der Waals surface area contributed by atoms with Crippen molar-refractivity contribution in [2.75, 3.05) is 0 Å². The predicted molar refractivity (Wildman–Crippen MR) is 130 cm³/mol. The number of hydrogen-bond acceptors (Lipinski definition) is 5. The van der Waals surface area contributed by atoms with Crippen molar-refractivity contribution < 1.29 is 19.2 Å². The minimum Gasteiger partial charge on any atom is -0.488 e. The Balaban J connectivity index is 2.27. The topological polar surface area (TPSA) is 71.8 Å². The van der Waals surface area contributed by atoms with Gasteiger partial charge < -0.3 is 19.2 Å². The number of rotatable bonds is 10. The molecule has 0 spiro atoms. The van der Waals surface area contributed by atoms with E-state index in [9.17, 15) is 10.0 Å². The van der Waals surface area contributed by atoms with Gasteiger partial charge in [-0.3, -0.25) is 4.98 Å². The second-order valence-electron chi connectivity index (χ2n) is 10.1. The van der Waals surface area contributed by atoms with E-state index in [1.165, 1.54) is 5.56 Å². The first kappa shape index (κ1) is 25.6. The molecular weight excluding hydrogens is 405 g/mol. The summed E-state index contributed by atoms with van der Waals surface area (Å²) in [5.41, 5.74) is 1.63. The van der Waals surface area contributed by atoms with Crippen LogP contribution >= 0.6 is 0 Å². The van der Waals surface area contributed by atoms with Crippen LogP contribution in [-0.2, 0) is 10.8 Å². The number of pyridine rings is 1. The summed E-state index contributed by atoms with van der Waals surface area (Å²) in [5.74, 6) is 0.945. The van der Waals surface area contributed by atoms with E-state index < -0.39 is 15.4 Å². The zero-order valence-corrected chi connectivity index (χ0v) is 21.0. The van der Waals surface area contributed by atoms with Crippen LogP contribution in [0.1, 0.15) is 46.6 Å². The molecule has 2 atom stereocenters. The SMILES string of the molecule is CC(C)[C@H](Oc1ccc(B(O)O)cc1)[C@@H](CCc1cccnc1)O[Si](C)(C)C(C)(C)C. The first-order chi connectivity index (χ1) is 14.4. The van der Waals surface area contributed by atoms with Crippen molar-refractivity contribution in [3.05, 3.63) is 54.4 Å². The fourth-order valence-electron chi connectivity index (χ4n) is 3.22. The molecule has 1 heterocycles. The second-order valence-corrected chi connectivity index (χ2v) is 14.8. The Bertz CT molecular complexity index is 791. The molecule has 7 heteroatoms. The maximum Gasteiger partial charge on any atom is 0.488 e. The molecule has 31 heavy (non-hydrogen) atoms. The smallest absolute Gasteiger partial charge is 0.488 e. The van der Waals surface area contributed by atoms with Crippen molar-refractivity contribution in [2.24, 2.45) is 5.92 Å². The van der Waals surface area contributed by atoms with Crippen LogP contribution in [0.4, 0.5) is 0 Å². The van der Waals surface area contributed by atoms with Gasteiger partial charge in [-0.1, -0.05) is 52.8 Å². The predicted octanol–water partition coefficient (Wildman–Crippen LogP) is 4.19. The molecule has 0 unspecified atom stereocenters. The van der Waals surface area contributed by atoms with Gasteiger partial charge in [-0.15, -0.1) is 0 Å². The minimum atomic E-state index is -2.02. The summed E-state index contributed by atoms with van der Waals surface area (Å²) in [7, 11) is -3.50. The van der Waals surface area contributed by atoms with Crippen molar-refractivity contribution in [1.82, 2.24) is 4.98 Å². The molecule has 0 bridgehead atoms. The minimum absolute atomic E-state index is 0.0655. The van der Waals surface area contributed by atoms with Crippen LogP contribution in [0.2, 0.25) is 18.1 Å². The maximum absolute atomic E-state index is 9.35. The van der Waals surface area contributed by atoms with E-state index >= 15 is 0 Å². The molecular formula is C24H38BNO4Si. The number of ether oxygens (including phenoxy) is 1. The number of aryl methyl sites for hydroxylation is 1. The summed E-state index contributed by atoms with van der Waals surface area (Å²) >= 11 is 0. The standard InChI is InChI=1S/C24H38BNO4Si/c1-18(2)23(29-21-13-11-20(12-14-21)25(27)28)22(30-31(6,7)24(3,4)5)15-10-19-9-8-16-26-17-19/h8-9,11-14,16-18,22-23,27-28H,10,15H2,1-7H3/t22-,23+/m1/s1. The Kier molecular flexibility index (Phi) is 8.89. The Hall–Kier alpha value is -1.67. The van der Waals surface area contributed by atoms with Gasteiger partial charge in [0, 0.05) is 12.4 Å². The highest BCUT2D eigenvalue weighted by molar-refractivity contribution is 6.74. The van der Waals surface area contributed by atoms with E-state index in [1.807, 2.05) is 12.3 Å². The lowest BCUT2D eigenvalue weighted by atomic mass is 9.80. The molecule has 0 saturated heterocycles. The highest BCUT2D eigenvalue weighted by atomic mass is 28.4. The van der Waals surface area contributed by atoms with Crippen LogP contribution in [0, 0.1) is 5.92 Å². The molecule has 0 radical (unpaired) electrons. The van der Waals surface area contributed by atoms with E-state index in [2.05, 4.69) is 58.8 Å². The molecule has 170 valence electrons. The number of aromatic nitrogens is 1. The molecule has 0 fully saturated rings. The van der Waals surface area contributed by atoms with E-state index in [0.29, 0.717) is 11.2 Å². The molecule has 0 saturated carbocycles. The molecule has 0 aliphatic rings. The van der Waals surface area contributed by atoms with Gasteiger partial charge in [-0.25, -0.2) is 0 Å². The quantitative estimate of drug-likeness (QED) is 0.539. The number of nitrogens with zero attached hydrogens (tertiary/aromatic N) is 1. The highest BCUT2D eigenvalue weighted by Crippen LogP contribution is 2.39. The third-order valence-electron chi connectivity index (χ3n) is 6.17. The van der Waals surface area contributed by atoms with E-state index in [0.717, 1.165) is 12.8 Å². The van der Waals surface area contributed by atoms with E-state index in [4.69, 9.17) is 9.16 Å². The van der Waals surface area contributed by atoms with Crippen LogP contribution < -0.4 is 10.2 Å². The zero-order chi connectivity index (χ0) is 23.2. The Morgan fingerprint density at radius 3 is 2.19 bits per heavy atom. The van der Waals surface area contributed by atoms with Gasteiger partial charge in [0.15, 0.2) is 8.32 Å². The van der Waals surface area contributed by atoms with Gasteiger partial charge in [0.1, 0.15) is 11.9 Å². The van der Waals surface area contributed by atoms with E-state index in [-0.39, 0.29) is 23.2 Å². The van der Waals surface area contributed by atoms with Crippen molar-refractivity contribution in [3.8, 4) is 5.75 Å². The van der Waals surface area contributed by atoms with Gasteiger partial charge in [-0.2, -0.15) is 0 Å². The summed E-state index contributed by atoms with van der Waals surface area (Å²) in [6, 6.07) is 11.0. The summed E-state index contributed by atoms with van der Waals surface area (Å²) in [6.07, 6.45) is 5.22. The van der Waals surface area contributed by atoms with Gasteiger partial charge in [0.05, 0.1) is 6.10 Å². The normalized spacial score (nSPS) is 14.4. The van der Waals surface area contributed by atoms with Crippen LogP contribution in [0.5, 0.6) is 5.75 Å². The summed E-state index contributed by atoms with van der Waals surface area (Å²) in [6.45, 7) is 15.6. The maximum atomic E-state index is 9.35. The molecule has 0 aliphatic heterocycles. The zero-order valence-electron chi connectivity index (χ0n) is 20.0. The second kappa shape index (κ2) is 10.8. The van der Waals surface area contributed by atoms with Crippen molar-refractivity contribution >= 4 is 20.9 Å². The summed E-state index contributed by atoms with van der Waals surface area (Å²) in [5, 5.41) is 18.8. The lowest BCUT2D eigenvalue weighted by Gasteiger charge is -2.42. The van der Waals surface area contributed by atoms with Crippen LogP contribution in [0.3, 0.4) is 0 Å². The Morgan fingerprint density at radius 2 is 1.71 bits per heavy atom. The molecule has 5 nitrogen and oxygen atoms in total. The lowest BCUT2D eigenvalue weighted by molar-refractivity contribution is 0.0124. The van der Waals surface area contributed by atoms with Crippen molar-refractivity contribution in [3.63, 3.8) is 0 Å². The Morgan fingerprint density at radius 1 is 1.06 bits per heavy atom. The number of benzene rings is 1. The largest absolute Gasteiger partial charge is 0.488 e. The molecule has 2 N–H and O–H groups in total. The molecule has 0 aliphatic carbocycles. The number of hydrogen-bond donors (Lipinski definition) is 2. The van der Waals surface area contributed by atoms with Crippen molar-refractivity contribution in [2.45, 2.75) is 77.8 Å². The first-order valence-corrected chi connectivity index (χ1v) is 14.0. The summed E-state index contributed by atoms with van der Waals surface area (Å²) < 4.78 is 13.3. The fraction of sp³-hybridized carbons (Fsp3) is 0.542. The van der Waals surface area contributed by atoms with Gasteiger partial charge in [0.2, 0.25) is 0 Å². The van der Waals surface area contributed by atoms with Crippen molar-refractivity contribution in [1.29, 1.82) is 0 Å². The molecule has 2 aromatic rings. The van der Waals surface area contributed by atoms with Crippen LogP contribution in [-0.4, -0.2) is 42.7 Å². The fourth-order valence-corrected chi connectivity index (χ4v) is 4.58. The van der Waals surface area contributed by atoms with Crippen LogP contribution in [0.25, 0.3) is 0 Å². The first-order valence-electron chi connectivity index (χ1n) is 11.1. The monoisotopic (exact) mass is 443 g/mol. The average molecular weight is 443 g/mol. The third-order valence-corrected chi connectivity index (χ3v) is 10.7. The molecule has 1 aromatic heterocycles. The molecule has 1 aromatic carbocycles. The summed E-state index contributed by atoms with van der Waals surface area (Å²) in [4.78, 5) is 4.24. The van der Waals surface area contributed by atoms with Gasteiger partial charge in [-0.05, 0) is 66.1 Å². The van der Waals surface area contributed by atoms with E-state index in [1.54, 1.807) is 30.5 Å². The average Bonchev–Trinajstić information content (AvgIpc) is 2.69. The van der Waals surface area contributed by atoms with Gasteiger partial charge in [0.25, 0.3) is 0 Å². The lowest BCUT2D eigenvalue weighted by Crippen LogP contribution is -2.49. The van der Waals surface area contributed by atoms with Crippen LogP contribution in [0.15, 0.2) is 48.8 Å². The third kappa shape index (κ3) is 7.46.